The quantitative estimate of drug-likeness (QED) is 0.698. The Bertz CT molecular complexity index is 811. The van der Waals surface area contributed by atoms with Gasteiger partial charge in [-0.15, -0.1) is 11.8 Å². The number of amides is 2. The van der Waals surface area contributed by atoms with Gasteiger partial charge >= 0.3 is 0 Å². The summed E-state index contributed by atoms with van der Waals surface area (Å²) in [6, 6.07) is 13.2. The lowest BCUT2D eigenvalue weighted by Crippen LogP contribution is -2.15. The zero-order valence-electron chi connectivity index (χ0n) is 15.3. The van der Waals surface area contributed by atoms with Gasteiger partial charge in [-0.3, -0.25) is 9.59 Å². The van der Waals surface area contributed by atoms with Crippen molar-refractivity contribution in [2.75, 3.05) is 10.6 Å². The molecule has 5 heteroatoms. The maximum atomic E-state index is 12.5. The molecular formula is C21H24N2O2S. The van der Waals surface area contributed by atoms with Crippen LogP contribution in [0.2, 0.25) is 0 Å². The molecule has 1 aliphatic rings. The highest BCUT2D eigenvalue weighted by atomic mass is 32.2. The van der Waals surface area contributed by atoms with Gasteiger partial charge in [0.15, 0.2) is 0 Å². The van der Waals surface area contributed by atoms with Gasteiger partial charge in [-0.1, -0.05) is 19.9 Å². The number of rotatable bonds is 6. The van der Waals surface area contributed by atoms with E-state index in [1.807, 2.05) is 49.4 Å². The van der Waals surface area contributed by atoms with E-state index in [4.69, 9.17) is 0 Å². The standard InChI is InChI=1S/C21H24N2O2S/c1-13(2)26-18-10-7-16(8-11-18)21(25)23-19-12-17(9-4-14(19)3)22-20(24)15-5-6-15/h4,7-13,15H,5-6H2,1-3H3,(H,22,24)(H,23,25). The van der Waals surface area contributed by atoms with Gasteiger partial charge in [-0.2, -0.15) is 0 Å². The molecule has 1 aliphatic carbocycles. The second-order valence-electron chi connectivity index (χ2n) is 6.94. The SMILES string of the molecule is Cc1ccc(NC(=O)C2CC2)cc1NC(=O)c1ccc(SC(C)C)cc1. The van der Waals surface area contributed by atoms with E-state index >= 15 is 0 Å². The molecule has 2 N–H and O–H groups in total. The highest BCUT2D eigenvalue weighted by molar-refractivity contribution is 7.99. The minimum Gasteiger partial charge on any atom is -0.326 e. The molecule has 4 nitrogen and oxygen atoms in total. The first-order chi connectivity index (χ1) is 12.4. The zero-order valence-corrected chi connectivity index (χ0v) is 16.2. The van der Waals surface area contributed by atoms with Crippen molar-refractivity contribution in [2.45, 2.75) is 43.8 Å². The number of hydrogen-bond acceptors (Lipinski definition) is 3. The molecule has 1 saturated carbocycles. The second kappa shape index (κ2) is 7.96. The molecule has 0 aliphatic heterocycles. The minimum atomic E-state index is -0.153. The predicted molar refractivity (Wildman–Crippen MR) is 108 cm³/mol. The van der Waals surface area contributed by atoms with Crippen LogP contribution in [-0.2, 0) is 4.79 Å². The van der Waals surface area contributed by atoms with Gasteiger partial charge in [0.1, 0.15) is 0 Å². The summed E-state index contributed by atoms with van der Waals surface area (Å²) < 4.78 is 0. The van der Waals surface area contributed by atoms with E-state index in [-0.39, 0.29) is 17.7 Å². The zero-order chi connectivity index (χ0) is 18.7. The Kier molecular flexibility index (Phi) is 5.67. The Morgan fingerprint density at radius 2 is 1.73 bits per heavy atom. The molecule has 0 saturated heterocycles. The molecule has 1 fully saturated rings. The number of nitrogens with one attached hydrogen (secondary N) is 2. The van der Waals surface area contributed by atoms with Crippen LogP contribution >= 0.6 is 11.8 Å². The lowest BCUT2D eigenvalue weighted by Gasteiger charge is -2.12. The lowest BCUT2D eigenvalue weighted by molar-refractivity contribution is -0.117. The number of aryl methyl sites for hydroxylation is 1. The molecule has 2 amide bonds. The molecule has 0 heterocycles. The van der Waals surface area contributed by atoms with Crippen LogP contribution in [-0.4, -0.2) is 17.1 Å². The van der Waals surface area contributed by atoms with Gasteiger partial charge in [0.2, 0.25) is 5.91 Å². The van der Waals surface area contributed by atoms with Crippen molar-refractivity contribution in [3.8, 4) is 0 Å². The van der Waals surface area contributed by atoms with E-state index in [1.54, 1.807) is 11.8 Å². The monoisotopic (exact) mass is 368 g/mol. The Morgan fingerprint density at radius 1 is 1.04 bits per heavy atom. The summed E-state index contributed by atoms with van der Waals surface area (Å²) >= 11 is 1.77. The molecule has 0 bridgehead atoms. The van der Waals surface area contributed by atoms with E-state index < -0.39 is 0 Å². The van der Waals surface area contributed by atoms with Gasteiger partial charge in [-0.25, -0.2) is 0 Å². The molecule has 0 radical (unpaired) electrons. The van der Waals surface area contributed by atoms with Crippen molar-refractivity contribution in [1.82, 2.24) is 0 Å². The highest BCUT2D eigenvalue weighted by Gasteiger charge is 2.29. The molecule has 136 valence electrons. The fraction of sp³-hybridized carbons (Fsp3) is 0.333. The van der Waals surface area contributed by atoms with Crippen LogP contribution < -0.4 is 10.6 Å². The Labute approximate surface area is 158 Å². The van der Waals surface area contributed by atoms with Crippen LogP contribution in [0.25, 0.3) is 0 Å². The van der Waals surface area contributed by atoms with E-state index in [2.05, 4.69) is 24.5 Å². The van der Waals surface area contributed by atoms with E-state index in [0.29, 0.717) is 22.2 Å². The largest absolute Gasteiger partial charge is 0.326 e. The normalized spacial score (nSPS) is 13.5. The Hall–Kier alpha value is -2.27. The van der Waals surface area contributed by atoms with Gasteiger partial charge in [0, 0.05) is 33.0 Å². The molecule has 26 heavy (non-hydrogen) atoms. The van der Waals surface area contributed by atoms with Crippen LogP contribution in [0.4, 0.5) is 11.4 Å². The summed E-state index contributed by atoms with van der Waals surface area (Å²) in [4.78, 5) is 25.6. The smallest absolute Gasteiger partial charge is 0.255 e. The molecule has 3 rings (SSSR count). The van der Waals surface area contributed by atoms with Gasteiger partial charge in [-0.05, 0) is 61.7 Å². The summed E-state index contributed by atoms with van der Waals surface area (Å²) in [6.45, 7) is 6.22. The summed E-state index contributed by atoms with van der Waals surface area (Å²) in [5.74, 6) is 0.0563. The number of hydrogen-bond donors (Lipinski definition) is 2. The number of carbonyl (C=O) groups is 2. The third-order valence-electron chi connectivity index (χ3n) is 4.19. The van der Waals surface area contributed by atoms with Gasteiger partial charge < -0.3 is 10.6 Å². The molecule has 0 spiro atoms. The van der Waals surface area contributed by atoms with Crippen LogP contribution in [0.15, 0.2) is 47.4 Å². The lowest BCUT2D eigenvalue weighted by atomic mass is 10.1. The maximum absolute atomic E-state index is 12.5. The first-order valence-corrected chi connectivity index (χ1v) is 9.80. The van der Waals surface area contributed by atoms with Crippen molar-refractivity contribution < 1.29 is 9.59 Å². The van der Waals surface area contributed by atoms with Crippen molar-refractivity contribution >= 4 is 35.0 Å². The molecular weight excluding hydrogens is 344 g/mol. The molecule has 0 unspecified atom stereocenters. The first-order valence-electron chi connectivity index (χ1n) is 8.92. The van der Waals surface area contributed by atoms with Gasteiger partial charge in [0.05, 0.1) is 0 Å². The summed E-state index contributed by atoms with van der Waals surface area (Å²) in [6.07, 6.45) is 1.93. The van der Waals surface area contributed by atoms with Gasteiger partial charge in [0.25, 0.3) is 5.91 Å². The first kappa shape index (κ1) is 18.5. The summed E-state index contributed by atoms with van der Waals surface area (Å²) in [7, 11) is 0. The average molecular weight is 369 g/mol. The summed E-state index contributed by atoms with van der Waals surface area (Å²) in [5.41, 5.74) is 3.00. The fourth-order valence-electron chi connectivity index (χ4n) is 2.58. The third-order valence-corrected chi connectivity index (χ3v) is 5.21. The van der Waals surface area contributed by atoms with E-state index in [0.717, 1.165) is 23.3 Å². The summed E-state index contributed by atoms with van der Waals surface area (Å²) in [5, 5.41) is 6.37. The minimum absolute atomic E-state index is 0.0596. The van der Waals surface area contributed by atoms with Crippen molar-refractivity contribution in [3.05, 3.63) is 53.6 Å². The topological polar surface area (TPSA) is 58.2 Å². The highest BCUT2D eigenvalue weighted by Crippen LogP contribution is 2.31. The van der Waals surface area contributed by atoms with Crippen molar-refractivity contribution in [3.63, 3.8) is 0 Å². The van der Waals surface area contributed by atoms with Crippen LogP contribution in [0.3, 0.4) is 0 Å². The van der Waals surface area contributed by atoms with Crippen LogP contribution in [0, 0.1) is 12.8 Å². The average Bonchev–Trinajstić information content (AvgIpc) is 3.43. The predicted octanol–water partition coefficient (Wildman–Crippen LogP) is 5.10. The molecule has 2 aromatic carbocycles. The van der Waals surface area contributed by atoms with Crippen molar-refractivity contribution in [2.24, 2.45) is 5.92 Å². The number of anilines is 2. The second-order valence-corrected chi connectivity index (χ2v) is 8.59. The third kappa shape index (κ3) is 4.88. The van der Waals surface area contributed by atoms with E-state index in [1.165, 1.54) is 0 Å². The number of benzene rings is 2. The fourth-order valence-corrected chi connectivity index (χ4v) is 3.41. The molecule has 2 aromatic rings. The van der Waals surface area contributed by atoms with Crippen LogP contribution in [0.1, 0.15) is 42.6 Å². The Balaban J connectivity index is 1.68. The van der Waals surface area contributed by atoms with E-state index in [9.17, 15) is 9.59 Å². The number of carbonyl (C=O) groups excluding carboxylic acids is 2. The maximum Gasteiger partial charge on any atom is 0.255 e. The molecule has 0 aromatic heterocycles. The molecule has 0 atom stereocenters. The number of thioether (sulfide) groups is 1. The Morgan fingerprint density at radius 3 is 2.35 bits per heavy atom. The van der Waals surface area contributed by atoms with Crippen LogP contribution in [0.5, 0.6) is 0 Å². The van der Waals surface area contributed by atoms with Crippen molar-refractivity contribution in [1.29, 1.82) is 0 Å².